The summed E-state index contributed by atoms with van der Waals surface area (Å²) in [6, 6.07) is 5.92. The number of piperazine rings is 1. The third-order valence-electron chi connectivity index (χ3n) is 6.79. The number of benzene rings is 1. The van der Waals surface area contributed by atoms with E-state index in [1.165, 1.54) is 4.90 Å². The van der Waals surface area contributed by atoms with Crippen LogP contribution in [0.5, 0.6) is 0 Å². The van der Waals surface area contributed by atoms with Gasteiger partial charge in [0.05, 0.1) is 6.54 Å². The molecule has 11 heteroatoms. The third-order valence-corrected chi connectivity index (χ3v) is 7.03. The highest BCUT2D eigenvalue weighted by Crippen LogP contribution is 2.29. The average Bonchev–Trinajstić information content (AvgIpc) is 3.16. The van der Waals surface area contributed by atoms with E-state index in [9.17, 15) is 19.2 Å². The van der Waals surface area contributed by atoms with Crippen LogP contribution in [-0.2, 0) is 14.3 Å². The van der Waals surface area contributed by atoms with Gasteiger partial charge in [-0.05, 0) is 31.5 Å². The second kappa shape index (κ2) is 10.1. The topological polar surface area (TPSA) is 111 Å². The zero-order valence-electron chi connectivity index (χ0n) is 19.2. The number of rotatable bonds is 5. The first-order chi connectivity index (χ1) is 16.3. The predicted octanol–water partition coefficient (Wildman–Crippen LogP) is 2.29. The standard InChI is InChI=1S/C23H30ClN5O5/c1-16-20(31)28(12-13-29(16)21(32)26-18-5-2-4-17(24)14-18)9-3-6-19(30)27-10-7-23(8-11-27)15-25-22(33)34-23/h2,4-5,14,16H,3,6-13,15H2,1H3,(H,25,33)(H,26,32)/t16-/m0/s1. The van der Waals surface area contributed by atoms with Crippen molar-refractivity contribution < 1.29 is 23.9 Å². The fraction of sp³-hybridized carbons (Fsp3) is 0.565. The van der Waals surface area contributed by atoms with Gasteiger partial charge in [0, 0.05) is 62.7 Å². The Morgan fingerprint density at radius 3 is 2.65 bits per heavy atom. The molecule has 10 nitrogen and oxygen atoms in total. The van der Waals surface area contributed by atoms with Crippen molar-refractivity contribution in [2.24, 2.45) is 0 Å². The highest BCUT2D eigenvalue weighted by molar-refractivity contribution is 6.30. The van der Waals surface area contributed by atoms with Crippen molar-refractivity contribution in [3.8, 4) is 0 Å². The summed E-state index contributed by atoms with van der Waals surface area (Å²) in [5.41, 5.74) is 0.0962. The van der Waals surface area contributed by atoms with Gasteiger partial charge in [0.25, 0.3) is 0 Å². The van der Waals surface area contributed by atoms with E-state index in [2.05, 4.69) is 10.6 Å². The van der Waals surface area contributed by atoms with Crippen molar-refractivity contribution in [2.45, 2.75) is 44.2 Å². The molecule has 5 amide bonds. The molecule has 2 N–H and O–H groups in total. The van der Waals surface area contributed by atoms with E-state index < -0.39 is 11.6 Å². The van der Waals surface area contributed by atoms with Crippen molar-refractivity contribution in [3.63, 3.8) is 0 Å². The van der Waals surface area contributed by atoms with Gasteiger partial charge in [-0.15, -0.1) is 0 Å². The van der Waals surface area contributed by atoms with E-state index in [4.69, 9.17) is 16.3 Å². The van der Waals surface area contributed by atoms with E-state index in [1.54, 1.807) is 41.0 Å². The Labute approximate surface area is 203 Å². The number of anilines is 1. The molecule has 0 aliphatic carbocycles. The predicted molar refractivity (Wildman–Crippen MR) is 125 cm³/mol. The first-order valence-corrected chi connectivity index (χ1v) is 12.0. The van der Waals surface area contributed by atoms with Crippen LogP contribution in [0.25, 0.3) is 0 Å². The summed E-state index contributed by atoms with van der Waals surface area (Å²) in [6.07, 6.45) is 1.78. The molecule has 0 aromatic heterocycles. The van der Waals surface area contributed by atoms with Crippen LogP contribution in [0, 0.1) is 0 Å². The Morgan fingerprint density at radius 2 is 1.97 bits per heavy atom. The number of carbonyl (C=O) groups excluding carboxylic acids is 4. The molecule has 0 unspecified atom stereocenters. The molecule has 3 saturated heterocycles. The van der Waals surface area contributed by atoms with Crippen LogP contribution in [-0.4, -0.2) is 89.5 Å². The molecular formula is C23H30ClN5O5. The van der Waals surface area contributed by atoms with Gasteiger partial charge in [0.1, 0.15) is 11.6 Å². The number of urea groups is 1. The van der Waals surface area contributed by atoms with Crippen molar-refractivity contribution >= 4 is 41.2 Å². The first kappa shape index (κ1) is 24.1. The molecule has 0 saturated carbocycles. The summed E-state index contributed by atoms with van der Waals surface area (Å²) in [6.45, 7) is 4.63. The molecule has 3 aliphatic heterocycles. The van der Waals surface area contributed by atoms with Crippen LogP contribution in [0.2, 0.25) is 5.02 Å². The zero-order valence-corrected chi connectivity index (χ0v) is 20.0. The lowest BCUT2D eigenvalue weighted by molar-refractivity contribution is -0.140. The monoisotopic (exact) mass is 491 g/mol. The number of ether oxygens (including phenoxy) is 1. The Balaban J connectivity index is 1.20. The largest absolute Gasteiger partial charge is 0.441 e. The lowest BCUT2D eigenvalue weighted by atomic mass is 9.91. The maximum Gasteiger partial charge on any atom is 0.407 e. The Hall–Kier alpha value is -3.01. The number of nitrogens with zero attached hydrogens (tertiary/aromatic N) is 3. The number of likely N-dealkylation sites (tertiary alicyclic amines) is 1. The van der Waals surface area contributed by atoms with Gasteiger partial charge in [-0.2, -0.15) is 0 Å². The minimum atomic E-state index is -0.593. The smallest absolute Gasteiger partial charge is 0.407 e. The summed E-state index contributed by atoms with van der Waals surface area (Å²) in [4.78, 5) is 54.5. The summed E-state index contributed by atoms with van der Waals surface area (Å²) in [7, 11) is 0. The van der Waals surface area contributed by atoms with Crippen LogP contribution in [0.4, 0.5) is 15.3 Å². The Kier molecular flexibility index (Phi) is 7.16. The van der Waals surface area contributed by atoms with E-state index in [0.717, 1.165) is 0 Å². The maximum atomic E-state index is 12.8. The Morgan fingerprint density at radius 1 is 1.21 bits per heavy atom. The number of halogens is 1. The van der Waals surface area contributed by atoms with Gasteiger partial charge in [0.2, 0.25) is 11.8 Å². The molecule has 0 radical (unpaired) electrons. The summed E-state index contributed by atoms with van der Waals surface area (Å²) in [5, 5.41) is 5.99. The Bertz CT molecular complexity index is 965. The van der Waals surface area contributed by atoms with Gasteiger partial charge >= 0.3 is 12.1 Å². The van der Waals surface area contributed by atoms with Gasteiger partial charge in [0.15, 0.2) is 0 Å². The maximum absolute atomic E-state index is 12.8. The fourth-order valence-corrected chi connectivity index (χ4v) is 4.90. The molecule has 4 rings (SSSR count). The quantitative estimate of drug-likeness (QED) is 0.656. The van der Waals surface area contributed by atoms with Crippen LogP contribution >= 0.6 is 11.6 Å². The summed E-state index contributed by atoms with van der Waals surface area (Å²) in [5.74, 6) is -0.0810. The normalized spacial score (nSPS) is 21.9. The molecule has 184 valence electrons. The number of hydrogen-bond acceptors (Lipinski definition) is 5. The number of nitrogens with one attached hydrogen (secondary N) is 2. The van der Waals surface area contributed by atoms with E-state index in [-0.39, 0.29) is 23.9 Å². The van der Waals surface area contributed by atoms with Gasteiger partial charge in [-0.25, -0.2) is 9.59 Å². The molecule has 34 heavy (non-hydrogen) atoms. The number of hydrogen-bond donors (Lipinski definition) is 2. The van der Waals surface area contributed by atoms with Crippen LogP contribution < -0.4 is 10.6 Å². The highest BCUT2D eigenvalue weighted by atomic mass is 35.5. The lowest BCUT2D eigenvalue weighted by Gasteiger charge is -2.39. The zero-order chi connectivity index (χ0) is 24.3. The number of piperidine rings is 1. The van der Waals surface area contributed by atoms with Crippen molar-refractivity contribution in [1.29, 1.82) is 0 Å². The molecule has 1 atom stereocenters. The summed E-state index contributed by atoms with van der Waals surface area (Å²) >= 11 is 5.97. The van der Waals surface area contributed by atoms with Crippen molar-refractivity contribution in [1.82, 2.24) is 20.0 Å². The molecule has 1 aromatic carbocycles. The minimum absolute atomic E-state index is 0.0483. The molecule has 3 heterocycles. The van der Waals surface area contributed by atoms with Gasteiger partial charge in [-0.3, -0.25) is 9.59 Å². The van der Waals surface area contributed by atoms with E-state index in [0.29, 0.717) is 75.7 Å². The molecule has 1 aromatic rings. The number of alkyl carbamates (subject to hydrolysis) is 1. The molecule has 3 aliphatic rings. The van der Waals surface area contributed by atoms with Gasteiger partial charge < -0.3 is 30.1 Å². The molecule has 1 spiro atoms. The van der Waals surface area contributed by atoms with Crippen LogP contribution in [0.1, 0.15) is 32.6 Å². The first-order valence-electron chi connectivity index (χ1n) is 11.6. The molecular weight excluding hydrogens is 462 g/mol. The van der Waals surface area contributed by atoms with Gasteiger partial charge in [-0.1, -0.05) is 17.7 Å². The number of carbonyl (C=O) groups is 4. The van der Waals surface area contributed by atoms with Crippen LogP contribution in [0.15, 0.2) is 24.3 Å². The third kappa shape index (κ3) is 5.38. The van der Waals surface area contributed by atoms with E-state index >= 15 is 0 Å². The lowest BCUT2D eigenvalue weighted by Crippen LogP contribution is -2.58. The molecule has 3 fully saturated rings. The SMILES string of the molecule is C[C@H]1C(=O)N(CCCC(=O)N2CCC3(CC2)CNC(=O)O3)CCN1C(=O)Nc1cccc(Cl)c1. The second-order valence-electron chi connectivity index (χ2n) is 9.05. The summed E-state index contributed by atoms with van der Waals surface area (Å²) < 4.78 is 5.39. The highest BCUT2D eigenvalue weighted by Gasteiger charge is 2.43. The number of amides is 5. The van der Waals surface area contributed by atoms with E-state index in [1.807, 2.05) is 0 Å². The average molecular weight is 492 g/mol. The minimum Gasteiger partial charge on any atom is -0.441 e. The molecule has 0 bridgehead atoms. The van der Waals surface area contributed by atoms with Crippen LogP contribution in [0.3, 0.4) is 0 Å². The van der Waals surface area contributed by atoms with Crippen molar-refractivity contribution in [3.05, 3.63) is 29.3 Å². The fourth-order valence-electron chi connectivity index (χ4n) is 4.71. The van der Waals surface area contributed by atoms with Crippen molar-refractivity contribution in [2.75, 3.05) is 44.6 Å². The second-order valence-corrected chi connectivity index (χ2v) is 9.48.